The van der Waals surface area contributed by atoms with Gasteiger partial charge in [-0.2, -0.15) is 0 Å². The van der Waals surface area contributed by atoms with Gasteiger partial charge in [0.15, 0.2) is 11.6 Å². The number of carboxylic acid groups (broad SMARTS) is 1. The van der Waals surface area contributed by atoms with E-state index in [0.717, 1.165) is 11.6 Å². The molecule has 0 saturated heterocycles. The predicted molar refractivity (Wildman–Crippen MR) is 97.6 cm³/mol. The molecule has 0 aliphatic rings. The fourth-order valence-corrected chi connectivity index (χ4v) is 2.66. The van der Waals surface area contributed by atoms with Crippen molar-refractivity contribution in [3.05, 3.63) is 65.2 Å². The number of halogens is 1. The van der Waals surface area contributed by atoms with E-state index in [4.69, 9.17) is 4.74 Å². The summed E-state index contributed by atoms with van der Waals surface area (Å²) in [6.45, 7) is 5.44. The van der Waals surface area contributed by atoms with E-state index >= 15 is 0 Å². The van der Waals surface area contributed by atoms with Crippen LogP contribution in [0.1, 0.15) is 35.5 Å². The molecule has 0 unspecified atom stereocenters. The van der Waals surface area contributed by atoms with Crippen LogP contribution in [-0.2, 0) is 0 Å². The van der Waals surface area contributed by atoms with Crippen LogP contribution in [0.4, 0.5) is 4.39 Å². The van der Waals surface area contributed by atoms with Gasteiger partial charge >= 0.3 is 5.97 Å². The Bertz CT molecular complexity index is 911. The first kappa shape index (κ1) is 18.4. The van der Waals surface area contributed by atoms with Crippen molar-refractivity contribution in [2.24, 2.45) is 0 Å². The maximum atomic E-state index is 14.0. The van der Waals surface area contributed by atoms with Crippen LogP contribution in [-0.4, -0.2) is 23.2 Å². The first-order valence-corrected chi connectivity index (χ1v) is 7.81. The lowest BCUT2D eigenvalue weighted by atomic mass is 9.97. The Balaban J connectivity index is 2.83. The van der Waals surface area contributed by atoms with Gasteiger partial charge in [-0.05, 0) is 38.0 Å². The van der Waals surface area contributed by atoms with Gasteiger partial charge in [-0.15, -0.1) is 0 Å². The molecule has 1 heterocycles. The Morgan fingerprint density at radius 2 is 2.00 bits per heavy atom. The van der Waals surface area contributed by atoms with Crippen molar-refractivity contribution in [1.29, 1.82) is 0 Å². The first-order valence-electron chi connectivity index (χ1n) is 7.81. The van der Waals surface area contributed by atoms with Crippen molar-refractivity contribution in [2.45, 2.75) is 20.8 Å². The third kappa shape index (κ3) is 3.60. The van der Waals surface area contributed by atoms with Crippen molar-refractivity contribution in [3.8, 4) is 5.75 Å². The van der Waals surface area contributed by atoms with Gasteiger partial charge in [-0.25, -0.2) is 14.2 Å². The highest BCUT2D eigenvalue weighted by Crippen LogP contribution is 2.31. The summed E-state index contributed by atoms with van der Waals surface area (Å²) >= 11 is 0. The molecule has 0 bridgehead atoms. The van der Waals surface area contributed by atoms with Crippen LogP contribution in [0.25, 0.3) is 16.5 Å². The summed E-state index contributed by atoms with van der Waals surface area (Å²) in [6, 6.07) is 2.58. The van der Waals surface area contributed by atoms with Gasteiger partial charge in [0.1, 0.15) is 0 Å². The Morgan fingerprint density at radius 1 is 1.28 bits per heavy atom. The van der Waals surface area contributed by atoms with E-state index in [-0.39, 0.29) is 16.7 Å². The third-order valence-electron chi connectivity index (χ3n) is 3.88. The molecular formula is C20H20FNO3. The molecule has 0 fully saturated rings. The Labute approximate surface area is 146 Å². The number of ether oxygens (including phenoxy) is 1. The zero-order chi connectivity index (χ0) is 18.6. The number of aromatic nitrogens is 1. The van der Waals surface area contributed by atoms with Crippen LogP contribution < -0.4 is 4.74 Å². The van der Waals surface area contributed by atoms with E-state index in [1.165, 1.54) is 13.2 Å². The summed E-state index contributed by atoms with van der Waals surface area (Å²) in [5.74, 6) is -1.72. The topological polar surface area (TPSA) is 59.4 Å². The Morgan fingerprint density at radius 3 is 2.56 bits per heavy atom. The number of carbonyl (C=O) groups is 1. The van der Waals surface area contributed by atoms with Gasteiger partial charge in [0, 0.05) is 11.5 Å². The molecule has 0 aliphatic carbocycles. The largest absolute Gasteiger partial charge is 0.494 e. The molecule has 0 spiro atoms. The van der Waals surface area contributed by atoms with Gasteiger partial charge in [0.05, 0.1) is 23.9 Å². The molecule has 2 aromatic rings. The smallest absolute Gasteiger partial charge is 0.336 e. The van der Waals surface area contributed by atoms with E-state index in [2.05, 4.69) is 4.98 Å². The quantitative estimate of drug-likeness (QED) is 0.784. The van der Waals surface area contributed by atoms with Crippen LogP contribution >= 0.6 is 0 Å². The van der Waals surface area contributed by atoms with E-state index in [9.17, 15) is 14.3 Å². The summed E-state index contributed by atoms with van der Waals surface area (Å²) in [6.07, 6.45) is 9.32. The van der Waals surface area contributed by atoms with Crippen molar-refractivity contribution < 1.29 is 19.0 Å². The van der Waals surface area contributed by atoms with E-state index < -0.39 is 11.8 Å². The number of aromatic carboxylic acids is 1. The highest BCUT2D eigenvalue weighted by atomic mass is 19.1. The number of hydrogen-bond donors (Lipinski definition) is 1. The lowest BCUT2D eigenvalue weighted by Crippen LogP contribution is -2.07. The number of rotatable bonds is 5. The molecule has 1 N–H and O–H groups in total. The summed E-state index contributed by atoms with van der Waals surface area (Å²) in [7, 11) is 1.36. The van der Waals surface area contributed by atoms with Crippen LogP contribution in [0, 0.1) is 12.7 Å². The molecule has 0 amide bonds. The number of hydrogen-bond acceptors (Lipinski definition) is 3. The molecule has 5 heteroatoms. The van der Waals surface area contributed by atoms with Crippen molar-refractivity contribution >= 4 is 22.4 Å². The van der Waals surface area contributed by atoms with Crippen molar-refractivity contribution in [1.82, 2.24) is 4.98 Å². The van der Waals surface area contributed by atoms with Gasteiger partial charge < -0.3 is 9.84 Å². The van der Waals surface area contributed by atoms with Crippen LogP contribution in [0.15, 0.2) is 42.5 Å². The standard InChI is InChI=1S/C20H20FNO3/c1-5-7-8-9-13(6-2)19-12(3)18(20(23)24)14-10-15(21)17(25-4)11-16(14)22-19/h5-11H,1-4H3,(H,23,24)/b7-5+,9-8-,13-6+. The SMILES string of the molecule is C/C=C/C=C\C(=C/C)c1nc2cc(OC)c(F)cc2c(C(=O)O)c1C. The highest BCUT2D eigenvalue weighted by Gasteiger charge is 2.20. The van der Waals surface area contributed by atoms with Gasteiger partial charge in [-0.3, -0.25) is 0 Å². The normalized spacial score (nSPS) is 12.4. The minimum absolute atomic E-state index is 0.0256. The van der Waals surface area contributed by atoms with Crippen molar-refractivity contribution in [2.75, 3.05) is 7.11 Å². The van der Waals surface area contributed by atoms with E-state index in [1.54, 1.807) is 6.92 Å². The zero-order valence-corrected chi connectivity index (χ0v) is 14.6. The molecule has 0 aliphatic heterocycles. The Kier molecular flexibility index (Phi) is 5.70. The summed E-state index contributed by atoms with van der Waals surface area (Å²) in [5.41, 5.74) is 2.23. The lowest BCUT2D eigenvalue weighted by Gasteiger charge is -2.13. The fraction of sp³-hybridized carbons (Fsp3) is 0.200. The van der Waals surface area contributed by atoms with Crippen LogP contribution in [0.2, 0.25) is 0 Å². The molecule has 1 aromatic heterocycles. The first-order chi connectivity index (χ1) is 11.9. The average Bonchev–Trinajstić information content (AvgIpc) is 2.58. The monoisotopic (exact) mass is 341 g/mol. The number of pyridine rings is 1. The maximum absolute atomic E-state index is 14.0. The number of carboxylic acids is 1. The average molecular weight is 341 g/mol. The molecule has 1 aromatic carbocycles. The second-order valence-corrected chi connectivity index (χ2v) is 5.40. The van der Waals surface area contributed by atoms with E-state index in [0.29, 0.717) is 16.8 Å². The van der Waals surface area contributed by atoms with Crippen molar-refractivity contribution in [3.63, 3.8) is 0 Å². The van der Waals surface area contributed by atoms with Gasteiger partial charge in [-0.1, -0.05) is 30.4 Å². The molecule has 0 atom stereocenters. The lowest BCUT2D eigenvalue weighted by molar-refractivity contribution is 0.0698. The molecule has 0 saturated carbocycles. The predicted octanol–water partition coefficient (Wildman–Crippen LogP) is 4.92. The van der Waals surface area contributed by atoms with E-state index in [1.807, 2.05) is 44.2 Å². The summed E-state index contributed by atoms with van der Waals surface area (Å²) < 4.78 is 19.0. The highest BCUT2D eigenvalue weighted by molar-refractivity contribution is 6.05. The molecule has 2 rings (SSSR count). The summed E-state index contributed by atoms with van der Waals surface area (Å²) in [4.78, 5) is 16.4. The number of nitrogens with zero attached hydrogens (tertiary/aromatic N) is 1. The second-order valence-electron chi connectivity index (χ2n) is 5.40. The number of benzene rings is 1. The minimum atomic E-state index is -1.12. The molecule has 0 radical (unpaired) electrons. The molecule has 130 valence electrons. The molecule has 4 nitrogen and oxygen atoms in total. The molecule has 25 heavy (non-hydrogen) atoms. The second kappa shape index (κ2) is 7.75. The minimum Gasteiger partial charge on any atom is -0.494 e. The van der Waals surface area contributed by atoms with Crippen LogP contribution in [0.3, 0.4) is 0 Å². The van der Waals surface area contributed by atoms with Gasteiger partial charge in [0.25, 0.3) is 0 Å². The zero-order valence-electron chi connectivity index (χ0n) is 14.6. The number of allylic oxidation sites excluding steroid dienone is 6. The Hall–Kier alpha value is -2.95. The van der Waals surface area contributed by atoms with Gasteiger partial charge in [0.2, 0.25) is 0 Å². The number of methoxy groups -OCH3 is 1. The fourth-order valence-electron chi connectivity index (χ4n) is 2.66. The maximum Gasteiger partial charge on any atom is 0.336 e. The third-order valence-corrected chi connectivity index (χ3v) is 3.88. The number of fused-ring (bicyclic) bond motifs is 1. The van der Waals surface area contributed by atoms with Crippen LogP contribution in [0.5, 0.6) is 5.75 Å². The molecular weight excluding hydrogens is 321 g/mol. The summed E-state index contributed by atoms with van der Waals surface area (Å²) in [5, 5.41) is 9.89.